The van der Waals surface area contributed by atoms with Gasteiger partial charge in [0.15, 0.2) is 0 Å². The molecule has 1 amide bonds. The van der Waals surface area contributed by atoms with Crippen molar-refractivity contribution < 1.29 is 4.79 Å². The standard InChI is InChI=1S/C20H20BrN3O/c21-17-6-2-4-8-19(17)23-9-11-24(12-10-23)20(25)13-15-14-22-18-7-3-1-5-16(15)18/h1-8,14,22H,9-13H2. The fourth-order valence-corrected chi connectivity index (χ4v) is 3.99. The number of aromatic amines is 1. The summed E-state index contributed by atoms with van der Waals surface area (Å²) in [5.41, 5.74) is 3.36. The predicted octanol–water partition coefficient (Wildman–Crippen LogP) is 3.82. The van der Waals surface area contributed by atoms with Crippen molar-refractivity contribution in [2.75, 3.05) is 31.1 Å². The largest absolute Gasteiger partial charge is 0.367 e. The van der Waals surface area contributed by atoms with Crippen molar-refractivity contribution in [1.82, 2.24) is 9.88 Å². The zero-order chi connectivity index (χ0) is 17.2. The van der Waals surface area contributed by atoms with Gasteiger partial charge in [0.25, 0.3) is 0 Å². The molecule has 128 valence electrons. The van der Waals surface area contributed by atoms with Crippen LogP contribution in [-0.2, 0) is 11.2 Å². The minimum Gasteiger partial charge on any atom is -0.367 e. The molecule has 1 saturated heterocycles. The smallest absolute Gasteiger partial charge is 0.227 e. The van der Waals surface area contributed by atoms with Gasteiger partial charge in [-0.05, 0) is 39.7 Å². The Hall–Kier alpha value is -2.27. The molecule has 1 aliphatic rings. The first-order valence-electron chi connectivity index (χ1n) is 8.54. The second kappa shape index (κ2) is 6.92. The number of piperazine rings is 1. The molecule has 1 aliphatic heterocycles. The summed E-state index contributed by atoms with van der Waals surface area (Å²) in [6.07, 6.45) is 2.42. The highest BCUT2D eigenvalue weighted by Crippen LogP contribution is 2.26. The summed E-state index contributed by atoms with van der Waals surface area (Å²) >= 11 is 3.61. The number of nitrogens with one attached hydrogen (secondary N) is 1. The Kier molecular flexibility index (Phi) is 4.49. The van der Waals surface area contributed by atoms with Crippen LogP contribution in [0.3, 0.4) is 0 Å². The summed E-state index contributed by atoms with van der Waals surface area (Å²) in [6.45, 7) is 3.26. The number of hydrogen-bond acceptors (Lipinski definition) is 2. The van der Waals surface area contributed by atoms with Crippen LogP contribution in [0.15, 0.2) is 59.2 Å². The molecular formula is C20H20BrN3O. The van der Waals surface area contributed by atoms with Crippen LogP contribution in [0.5, 0.6) is 0 Å². The first-order chi connectivity index (χ1) is 12.2. The van der Waals surface area contributed by atoms with Gasteiger partial charge in [0.05, 0.1) is 12.1 Å². The molecule has 0 bridgehead atoms. The third-order valence-corrected chi connectivity index (χ3v) is 5.51. The number of halogens is 1. The van der Waals surface area contributed by atoms with Gasteiger partial charge in [-0.3, -0.25) is 4.79 Å². The number of aromatic nitrogens is 1. The number of carbonyl (C=O) groups is 1. The number of hydrogen-bond donors (Lipinski definition) is 1. The van der Waals surface area contributed by atoms with Gasteiger partial charge < -0.3 is 14.8 Å². The fourth-order valence-electron chi connectivity index (χ4n) is 3.46. The van der Waals surface area contributed by atoms with Crippen LogP contribution in [0, 0.1) is 0 Å². The molecule has 0 radical (unpaired) electrons. The number of amides is 1. The molecule has 0 unspecified atom stereocenters. The van der Waals surface area contributed by atoms with Crippen molar-refractivity contribution in [3.63, 3.8) is 0 Å². The molecule has 0 spiro atoms. The van der Waals surface area contributed by atoms with Gasteiger partial charge in [-0.25, -0.2) is 0 Å². The lowest BCUT2D eigenvalue weighted by Gasteiger charge is -2.36. The van der Waals surface area contributed by atoms with Crippen molar-refractivity contribution in [1.29, 1.82) is 0 Å². The molecule has 4 nitrogen and oxygen atoms in total. The molecule has 2 aromatic carbocycles. The van der Waals surface area contributed by atoms with Crippen LogP contribution in [0.4, 0.5) is 5.69 Å². The molecule has 1 N–H and O–H groups in total. The van der Waals surface area contributed by atoms with Gasteiger partial charge in [-0.15, -0.1) is 0 Å². The van der Waals surface area contributed by atoms with E-state index in [1.807, 2.05) is 35.4 Å². The predicted molar refractivity (Wildman–Crippen MR) is 105 cm³/mol. The normalized spacial score (nSPS) is 14.9. The number of anilines is 1. The zero-order valence-electron chi connectivity index (χ0n) is 13.9. The molecule has 3 aromatic rings. The summed E-state index contributed by atoms with van der Waals surface area (Å²) in [5.74, 6) is 0.205. The van der Waals surface area contributed by atoms with E-state index in [9.17, 15) is 4.79 Å². The second-order valence-electron chi connectivity index (χ2n) is 6.36. The molecule has 0 aliphatic carbocycles. The van der Waals surface area contributed by atoms with Crippen LogP contribution in [0.2, 0.25) is 0 Å². The Morgan fingerprint density at radius 3 is 2.52 bits per heavy atom. The maximum absolute atomic E-state index is 12.7. The van der Waals surface area contributed by atoms with Gasteiger partial charge in [0.1, 0.15) is 0 Å². The average Bonchev–Trinajstić information content (AvgIpc) is 3.05. The number of fused-ring (bicyclic) bond motifs is 1. The minimum atomic E-state index is 0.205. The molecule has 5 heteroatoms. The Labute approximate surface area is 155 Å². The highest BCUT2D eigenvalue weighted by molar-refractivity contribution is 9.10. The summed E-state index contributed by atoms with van der Waals surface area (Å²) in [7, 11) is 0. The van der Waals surface area contributed by atoms with Crippen LogP contribution in [-0.4, -0.2) is 42.0 Å². The van der Waals surface area contributed by atoms with Crippen molar-refractivity contribution in [3.8, 4) is 0 Å². The number of H-pyrrole nitrogens is 1. The highest BCUT2D eigenvalue weighted by atomic mass is 79.9. The molecule has 0 atom stereocenters. The maximum atomic E-state index is 12.7. The van der Waals surface area contributed by atoms with E-state index in [2.05, 4.69) is 50.1 Å². The van der Waals surface area contributed by atoms with Crippen molar-refractivity contribution in [3.05, 3.63) is 64.8 Å². The highest BCUT2D eigenvalue weighted by Gasteiger charge is 2.22. The van der Waals surface area contributed by atoms with Gasteiger partial charge in [-0.2, -0.15) is 0 Å². The Morgan fingerprint density at radius 1 is 1.00 bits per heavy atom. The number of rotatable bonds is 3. The first kappa shape index (κ1) is 16.2. The minimum absolute atomic E-state index is 0.205. The third kappa shape index (κ3) is 3.29. The van der Waals surface area contributed by atoms with Crippen molar-refractivity contribution in [2.24, 2.45) is 0 Å². The second-order valence-corrected chi connectivity index (χ2v) is 7.21. The molecule has 1 aromatic heterocycles. The van der Waals surface area contributed by atoms with Gasteiger partial charge in [-0.1, -0.05) is 30.3 Å². The maximum Gasteiger partial charge on any atom is 0.227 e. The SMILES string of the molecule is O=C(Cc1c[nH]c2ccccc12)N1CCN(c2ccccc2Br)CC1. The van der Waals surface area contributed by atoms with Gasteiger partial charge >= 0.3 is 0 Å². The Morgan fingerprint density at radius 2 is 1.72 bits per heavy atom. The lowest BCUT2D eigenvalue weighted by atomic mass is 10.1. The quantitative estimate of drug-likeness (QED) is 0.729. The average molecular weight is 398 g/mol. The topological polar surface area (TPSA) is 39.3 Å². The first-order valence-corrected chi connectivity index (χ1v) is 9.34. The molecular weight excluding hydrogens is 378 g/mol. The Bertz CT molecular complexity index is 897. The van der Waals surface area contributed by atoms with Crippen LogP contribution < -0.4 is 4.90 Å². The van der Waals surface area contributed by atoms with Crippen LogP contribution in [0.1, 0.15) is 5.56 Å². The fraction of sp³-hybridized carbons (Fsp3) is 0.250. The summed E-state index contributed by atoms with van der Waals surface area (Å²) in [6, 6.07) is 16.4. The van der Waals surface area contributed by atoms with E-state index in [0.717, 1.165) is 47.1 Å². The molecule has 0 saturated carbocycles. The monoisotopic (exact) mass is 397 g/mol. The van der Waals surface area contributed by atoms with Crippen LogP contribution in [0.25, 0.3) is 10.9 Å². The molecule has 4 rings (SSSR count). The van der Waals surface area contributed by atoms with E-state index >= 15 is 0 Å². The lowest BCUT2D eigenvalue weighted by Crippen LogP contribution is -2.49. The van der Waals surface area contributed by atoms with E-state index in [1.54, 1.807) is 0 Å². The zero-order valence-corrected chi connectivity index (χ0v) is 15.5. The molecule has 1 fully saturated rings. The van der Waals surface area contributed by atoms with E-state index < -0.39 is 0 Å². The van der Waals surface area contributed by atoms with Crippen LogP contribution >= 0.6 is 15.9 Å². The number of benzene rings is 2. The van der Waals surface area contributed by atoms with E-state index in [-0.39, 0.29) is 5.91 Å². The number of para-hydroxylation sites is 2. The van der Waals surface area contributed by atoms with E-state index in [4.69, 9.17) is 0 Å². The Balaban J connectivity index is 1.41. The molecule has 2 heterocycles. The van der Waals surface area contributed by atoms with Crippen molar-refractivity contribution >= 4 is 38.4 Å². The van der Waals surface area contributed by atoms with E-state index in [1.165, 1.54) is 5.69 Å². The van der Waals surface area contributed by atoms with Gasteiger partial charge in [0, 0.05) is 47.8 Å². The summed E-state index contributed by atoms with van der Waals surface area (Å²) in [5, 5.41) is 1.14. The van der Waals surface area contributed by atoms with Crippen molar-refractivity contribution in [2.45, 2.75) is 6.42 Å². The lowest BCUT2D eigenvalue weighted by molar-refractivity contribution is -0.130. The summed E-state index contributed by atoms with van der Waals surface area (Å²) < 4.78 is 1.11. The molecule has 25 heavy (non-hydrogen) atoms. The third-order valence-electron chi connectivity index (χ3n) is 4.84. The van der Waals surface area contributed by atoms with Gasteiger partial charge in [0.2, 0.25) is 5.91 Å². The van der Waals surface area contributed by atoms with E-state index in [0.29, 0.717) is 6.42 Å². The number of carbonyl (C=O) groups excluding carboxylic acids is 1. The number of nitrogens with zero attached hydrogens (tertiary/aromatic N) is 2. The summed E-state index contributed by atoms with van der Waals surface area (Å²) in [4.78, 5) is 20.3.